The number of benzene rings is 1. The minimum Gasteiger partial charge on any atom is -0.376 e. The Kier molecular flexibility index (Phi) is 4.13. The molecule has 106 valence electrons. The SMILES string of the molecule is CC(Nc1ccc(C(F)(F)F)cc1Cl)c1cnccn1. The highest BCUT2D eigenvalue weighted by molar-refractivity contribution is 6.33. The van der Waals surface area contributed by atoms with Crippen LogP contribution >= 0.6 is 11.6 Å². The molecule has 0 aliphatic carbocycles. The number of rotatable bonds is 3. The van der Waals surface area contributed by atoms with Crippen LogP contribution in [0.2, 0.25) is 5.02 Å². The molecule has 2 rings (SSSR count). The first-order valence-electron chi connectivity index (χ1n) is 5.77. The Morgan fingerprint density at radius 2 is 2.00 bits per heavy atom. The van der Waals surface area contributed by atoms with E-state index in [-0.39, 0.29) is 11.1 Å². The van der Waals surface area contributed by atoms with Crippen molar-refractivity contribution in [2.75, 3.05) is 5.32 Å². The molecule has 0 bridgehead atoms. The maximum absolute atomic E-state index is 12.5. The van der Waals surface area contributed by atoms with Gasteiger partial charge in [-0.2, -0.15) is 13.2 Å². The molecular weight excluding hydrogens is 291 g/mol. The number of halogens is 4. The van der Waals surface area contributed by atoms with Gasteiger partial charge in [0.05, 0.1) is 34.2 Å². The van der Waals surface area contributed by atoms with Crippen LogP contribution in [0.4, 0.5) is 18.9 Å². The molecule has 1 aromatic carbocycles. The maximum atomic E-state index is 12.5. The highest BCUT2D eigenvalue weighted by atomic mass is 35.5. The molecular formula is C13H11ClF3N3. The highest BCUT2D eigenvalue weighted by Gasteiger charge is 2.30. The lowest BCUT2D eigenvalue weighted by Gasteiger charge is -2.16. The van der Waals surface area contributed by atoms with Gasteiger partial charge in [-0.1, -0.05) is 11.6 Å². The van der Waals surface area contributed by atoms with Crippen LogP contribution in [0.25, 0.3) is 0 Å². The molecule has 0 saturated carbocycles. The molecule has 1 atom stereocenters. The molecule has 0 saturated heterocycles. The van der Waals surface area contributed by atoms with E-state index in [0.29, 0.717) is 11.4 Å². The second kappa shape index (κ2) is 5.66. The molecule has 0 fully saturated rings. The number of anilines is 1. The fourth-order valence-corrected chi connectivity index (χ4v) is 1.89. The molecule has 0 spiro atoms. The van der Waals surface area contributed by atoms with Crippen molar-refractivity contribution in [3.05, 3.63) is 53.1 Å². The van der Waals surface area contributed by atoms with Gasteiger partial charge in [0.15, 0.2) is 0 Å². The molecule has 1 N–H and O–H groups in total. The summed E-state index contributed by atoms with van der Waals surface area (Å²) in [6.07, 6.45) is 0.261. The fraction of sp³-hybridized carbons (Fsp3) is 0.231. The van der Waals surface area contributed by atoms with Gasteiger partial charge in [-0.15, -0.1) is 0 Å². The lowest BCUT2D eigenvalue weighted by Crippen LogP contribution is -2.10. The van der Waals surface area contributed by atoms with Crippen molar-refractivity contribution in [3.8, 4) is 0 Å². The Morgan fingerprint density at radius 1 is 1.25 bits per heavy atom. The van der Waals surface area contributed by atoms with Crippen molar-refractivity contribution in [1.29, 1.82) is 0 Å². The largest absolute Gasteiger partial charge is 0.416 e. The third-order valence-electron chi connectivity index (χ3n) is 2.70. The molecule has 0 aliphatic rings. The first kappa shape index (κ1) is 14.6. The molecule has 1 aromatic heterocycles. The van der Waals surface area contributed by atoms with Gasteiger partial charge in [0, 0.05) is 12.4 Å². The second-order valence-corrected chi connectivity index (χ2v) is 4.60. The molecule has 3 nitrogen and oxygen atoms in total. The van der Waals surface area contributed by atoms with Gasteiger partial charge in [0.25, 0.3) is 0 Å². The summed E-state index contributed by atoms with van der Waals surface area (Å²) in [4.78, 5) is 8.05. The normalized spacial score (nSPS) is 13.1. The minimum atomic E-state index is -4.40. The quantitative estimate of drug-likeness (QED) is 0.917. The van der Waals surface area contributed by atoms with Crippen molar-refractivity contribution in [2.45, 2.75) is 19.1 Å². The van der Waals surface area contributed by atoms with Gasteiger partial charge < -0.3 is 5.32 Å². The average molecular weight is 302 g/mol. The van der Waals surface area contributed by atoms with E-state index < -0.39 is 11.7 Å². The molecule has 1 unspecified atom stereocenters. The van der Waals surface area contributed by atoms with Crippen LogP contribution in [-0.4, -0.2) is 9.97 Å². The van der Waals surface area contributed by atoms with Crippen molar-refractivity contribution in [1.82, 2.24) is 9.97 Å². The third kappa shape index (κ3) is 3.39. The Hall–Kier alpha value is -1.82. The monoisotopic (exact) mass is 301 g/mol. The first-order valence-corrected chi connectivity index (χ1v) is 6.15. The molecule has 20 heavy (non-hydrogen) atoms. The summed E-state index contributed by atoms with van der Waals surface area (Å²) in [6.45, 7) is 1.82. The van der Waals surface area contributed by atoms with Crippen LogP contribution in [0, 0.1) is 0 Å². The Labute approximate surface area is 118 Å². The topological polar surface area (TPSA) is 37.8 Å². The van der Waals surface area contributed by atoms with E-state index in [4.69, 9.17) is 11.6 Å². The number of hydrogen-bond donors (Lipinski definition) is 1. The molecule has 0 aliphatic heterocycles. The molecule has 0 radical (unpaired) electrons. The second-order valence-electron chi connectivity index (χ2n) is 4.19. The van der Waals surface area contributed by atoms with E-state index in [0.717, 1.165) is 12.1 Å². The summed E-state index contributed by atoms with van der Waals surface area (Å²) >= 11 is 5.87. The van der Waals surface area contributed by atoms with Crippen LogP contribution < -0.4 is 5.32 Å². The Balaban J connectivity index is 2.18. The van der Waals surface area contributed by atoms with Crippen molar-refractivity contribution in [2.24, 2.45) is 0 Å². The van der Waals surface area contributed by atoms with Crippen LogP contribution in [0.3, 0.4) is 0 Å². The van der Waals surface area contributed by atoms with Crippen LogP contribution in [0.5, 0.6) is 0 Å². The van der Waals surface area contributed by atoms with Crippen LogP contribution in [0.1, 0.15) is 24.2 Å². The van der Waals surface area contributed by atoms with E-state index in [1.807, 2.05) is 6.92 Å². The zero-order valence-electron chi connectivity index (χ0n) is 10.4. The van der Waals surface area contributed by atoms with Crippen molar-refractivity contribution < 1.29 is 13.2 Å². The van der Waals surface area contributed by atoms with E-state index in [9.17, 15) is 13.2 Å². The Bertz CT molecular complexity index is 587. The van der Waals surface area contributed by atoms with Gasteiger partial charge in [-0.05, 0) is 25.1 Å². The summed E-state index contributed by atoms with van der Waals surface area (Å²) < 4.78 is 37.6. The van der Waals surface area contributed by atoms with Gasteiger partial charge in [0.1, 0.15) is 0 Å². The summed E-state index contributed by atoms with van der Waals surface area (Å²) in [6, 6.07) is 2.96. The smallest absolute Gasteiger partial charge is 0.376 e. The summed E-state index contributed by atoms with van der Waals surface area (Å²) in [5.41, 5.74) is 0.307. The number of aromatic nitrogens is 2. The average Bonchev–Trinajstić information content (AvgIpc) is 2.41. The minimum absolute atomic E-state index is 0.00978. The predicted molar refractivity (Wildman–Crippen MR) is 70.5 cm³/mol. The van der Waals surface area contributed by atoms with E-state index in [1.165, 1.54) is 6.07 Å². The number of nitrogens with one attached hydrogen (secondary N) is 1. The van der Waals surface area contributed by atoms with Crippen LogP contribution in [0.15, 0.2) is 36.8 Å². The molecule has 2 aromatic rings. The zero-order chi connectivity index (χ0) is 14.8. The predicted octanol–water partition coefficient (Wildman–Crippen LogP) is 4.32. The van der Waals surface area contributed by atoms with E-state index in [2.05, 4.69) is 15.3 Å². The summed E-state index contributed by atoms with van der Waals surface area (Å²) in [5.74, 6) is 0. The van der Waals surface area contributed by atoms with Gasteiger partial charge in [-0.3, -0.25) is 9.97 Å². The fourth-order valence-electron chi connectivity index (χ4n) is 1.65. The number of nitrogens with zero attached hydrogens (tertiary/aromatic N) is 2. The standard InChI is InChI=1S/C13H11ClF3N3/c1-8(12-7-18-4-5-19-12)20-11-3-2-9(6-10(11)14)13(15,16)17/h2-8,20H,1H3. The third-order valence-corrected chi connectivity index (χ3v) is 3.01. The number of hydrogen-bond acceptors (Lipinski definition) is 3. The summed E-state index contributed by atoms with van der Waals surface area (Å²) in [5, 5.41) is 3.01. The lowest BCUT2D eigenvalue weighted by molar-refractivity contribution is -0.137. The molecule has 1 heterocycles. The zero-order valence-corrected chi connectivity index (χ0v) is 11.2. The maximum Gasteiger partial charge on any atom is 0.416 e. The van der Waals surface area contributed by atoms with Gasteiger partial charge in [0.2, 0.25) is 0 Å². The van der Waals surface area contributed by atoms with Gasteiger partial charge in [-0.25, -0.2) is 0 Å². The van der Waals surface area contributed by atoms with E-state index >= 15 is 0 Å². The van der Waals surface area contributed by atoms with E-state index in [1.54, 1.807) is 18.6 Å². The van der Waals surface area contributed by atoms with Crippen molar-refractivity contribution in [3.63, 3.8) is 0 Å². The van der Waals surface area contributed by atoms with Gasteiger partial charge >= 0.3 is 6.18 Å². The van der Waals surface area contributed by atoms with Crippen LogP contribution in [-0.2, 0) is 6.18 Å². The summed E-state index contributed by atoms with van der Waals surface area (Å²) in [7, 11) is 0. The molecule has 7 heteroatoms. The lowest BCUT2D eigenvalue weighted by atomic mass is 10.1. The highest BCUT2D eigenvalue weighted by Crippen LogP contribution is 2.34. The Morgan fingerprint density at radius 3 is 2.55 bits per heavy atom. The first-order chi connectivity index (χ1) is 9.38. The van der Waals surface area contributed by atoms with Crippen molar-refractivity contribution >= 4 is 17.3 Å². The molecule has 0 amide bonds. The number of alkyl halides is 3.